The Kier molecular flexibility index (Phi) is 3.28. The maximum atomic E-state index is 12.3. The van der Waals surface area contributed by atoms with Crippen molar-refractivity contribution < 1.29 is 9.21 Å². The summed E-state index contributed by atoms with van der Waals surface area (Å²) in [5.41, 5.74) is 4.03. The molecule has 0 bridgehead atoms. The molecule has 1 N–H and O–H groups in total. The first-order chi connectivity index (χ1) is 9.58. The summed E-state index contributed by atoms with van der Waals surface area (Å²) in [6.07, 6.45) is 3.76. The van der Waals surface area contributed by atoms with Gasteiger partial charge in [0.05, 0.1) is 0 Å². The third-order valence-corrected chi connectivity index (χ3v) is 4.46. The van der Waals surface area contributed by atoms with E-state index >= 15 is 0 Å². The van der Waals surface area contributed by atoms with E-state index in [9.17, 15) is 4.79 Å². The van der Waals surface area contributed by atoms with E-state index in [-0.39, 0.29) is 5.91 Å². The largest absolute Gasteiger partial charge is 0.450 e. The molecule has 1 aliphatic carbocycles. The smallest absolute Gasteiger partial charge is 0.287 e. The number of nitrogens with one attached hydrogen (secondary N) is 1. The van der Waals surface area contributed by atoms with E-state index in [1.807, 2.05) is 19.9 Å². The zero-order valence-corrected chi connectivity index (χ0v) is 12.4. The molecule has 1 aromatic heterocycles. The van der Waals surface area contributed by atoms with Crippen LogP contribution in [0.3, 0.4) is 0 Å². The lowest BCUT2D eigenvalue weighted by Gasteiger charge is -2.25. The van der Waals surface area contributed by atoms with Crippen LogP contribution in [0.1, 0.15) is 46.5 Å². The summed E-state index contributed by atoms with van der Waals surface area (Å²) in [5.74, 6) is 1.05. The van der Waals surface area contributed by atoms with Gasteiger partial charge in [0.25, 0.3) is 5.91 Å². The Morgan fingerprint density at radius 1 is 1.25 bits per heavy atom. The maximum absolute atomic E-state index is 12.3. The molecule has 0 aliphatic heterocycles. The third kappa shape index (κ3) is 2.11. The van der Waals surface area contributed by atoms with Crippen LogP contribution in [0.25, 0.3) is 11.0 Å². The molecule has 0 atom stereocenters. The Balaban J connectivity index is 1.91. The van der Waals surface area contributed by atoms with Crippen molar-refractivity contribution in [2.45, 2.75) is 40.0 Å². The number of hydrogen-bond acceptors (Lipinski definition) is 2. The highest BCUT2D eigenvalue weighted by Gasteiger charge is 2.22. The van der Waals surface area contributed by atoms with Gasteiger partial charge < -0.3 is 9.73 Å². The van der Waals surface area contributed by atoms with E-state index in [4.69, 9.17) is 4.42 Å². The van der Waals surface area contributed by atoms with Crippen molar-refractivity contribution in [1.29, 1.82) is 0 Å². The van der Waals surface area contributed by atoms with Crippen LogP contribution in [0, 0.1) is 26.7 Å². The van der Waals surface area contributed by atoms with Crippen LogP contribution in [0.5, 0.6) is 0 Å². The van der Waals surface area contributed by atoms with Gasteiger partial charge in [0.15, 0.2) is 5.76 Å². The summed E-state index contributed by atoms with van der Waals surface area (Å²) in [6.45, 7) is 6.81. The summed E-state index contributed by atoms with van der Waals surface area (Å²) in [6, 6.07) is 4.12. The number of carbonyl (C=O) groups excluding carboxylic acids is 1. The fourth-order valence-electron chi connectivity index (χ4n) is 2.91. The summed E-state index contributed by atoms with van der Waals surface area (Å²) < 4.78 is 5.84. The molecule has 0 unspecified atom stereocenters. The monoisotopic (exact) mass is 271 g/mol. The minimum Gasteiger partial charge on any atom is -0.450 e. The first-order valence-corrected chi connectivity index (χ1v) is 7.35. The summed E-state index contributed by atoms with van der Waals surface area (Å²) in [5, 5.41) is 4.09. The van der Waals surface area contributed by atoms with Crippen LogP contribution >= 0.6 is 0 Å². The molecule has 1 heterocycles. The van der Waals surface area contributed by atoms with Gasteiger partial charge in [0.1, 0.15) is 5.58 Å². The number of fused-ring (bicyclic) bond motifs is 1. The normalized spacial score (nSPS) is 15.3. The number of carbonyl (C=O) groups is 1. The molecule has 1 aromatic carbocycles. The fraction of sp³-hybridized carbons (Fsp3) is 0.471. The molecule has 3 heteroatoms. The van der Waals surface area contributed by atoms with Crippen LogP contribution in [-0.2, 0) is 0 Å². The molecule has 3 nitrogen and oxygen atoms in total. The molecule has 0 saturated heterocycles. The van der Waals surface area contributed by atoms with Crippen molar-refractivity contribution in [1.82, 2.24) is 5.32 Å². The highest BCUT2D eigenvalue weighted by atomic mass is 16.3. The molecule has 1 saturated carbocycles. The highest BCUT2D eigenvalue weighted by molar-refractivity contribution is 6.00. The van der Waals surface area contributed by atoms with Crippen molar-refractivity contribution in [2.75, 3.05) is 6.54 Å². The van der Waals surface area contributed by atoms with Gasteiger partial charge in [-0.3, -0.25) is 4.79 Å². The quantitative estimate of drug-likeness (QED) is 0.920. The Morgan fingerprint density at radius 3 is 2.55 bits per heavy atom. The molecule has 1 amide bonds. The molecule has 0 radical (unpaired) electrons. The predicted molar refractivity (Wildman–Crippen MR) is 80.1 cm³/mol. The molecule has 0 spiro atoms. The average Bonchev–Trinajstić information content (AvgIpc) is 2.71. The van der Waals surface area contributed by atoms with E-state index in [1.54, 1.807) is 0 Å². The average molecular weight is 271 g/mol. The fourth-order valence-corrected chi connectivity index (χ4v) is 2.91. The van der Waals surface area contributed by atoms with Gasteiger partial charge >= 0.3 is 0 Å². The topological polar surface area (TPSA) is 42.2 Å². The Labute approximate surface area is 119 Å². The van der Waals surface area contributed by atoms with Gasteiger partial charge in [-0.15, -0.1) is 0 Å². The number of aryl methyl sites for hydroxylation is 3. The highest BCUT2D eigenvalue weighted by Crippen LogP contribution is 2.31. The standard InChI is InChI=1S/C17H21NO2/c1-10-7-8-11(2)15-14(10)12(3)16(20-15)17(19)18-9-13-5-4-6-13/h7-8,13H,4-6,9H2,1-3H3,(H,18,19). The lowest BCUT2D eigenvalue weighted by molar-refractivity contribution is 0.0912. The van der Waals surface area contributed by atoms with E-state index in [1.165, 1.54) is 19.3 Å². The molecule has 106 valence electrons. The number of amides is 1. The Morgan fingerprint density at radius 2 is 1.95 bits per heavy atom. The first-order valence-electron chi connectivity index (χ1n) is 7.35. The third-order valence-electron chi connectivity index (χ3n) is 4.46. The zero-order chi connectivity index (χ0) is 14.3. The van der Waals surface area contributed by atoms with Crippen LogP contribution < -0.4 is 5.32 Å². The molecule has 20 heavy (non-hydrogen) atoms. The Bertz CT molecular complexity index is 665. The van der Waals surface area contributed by atoms with Gasteiger partial charge in [-0.25, -0.2) is 0 Å². The van der Waals surface area contributed by atoms with Crippen molar-refractivity contribution in [3.8, 4) is 0 Å². The van der Waals surface area contributed by atoms with E-state index in [2.05, 4.69) is 18.3 Å². The van der Waals surface area contributed by atoms with E-state index < -0.39 is 0 Å². The van der Waals surface area contributed by atoms with Crippen molar-refractivity contribution in [3.05, 3.63) is 34.6 Å². The predicted octanol–water partition coefficient (Wildman–Crippen LogP) is 3.89. The zero-order valence-electron chi connectivity index (χ0n) is 12.4. The molecule has 1 aliphatic rings. The maximum Gasteiger partial charge on any atom is 0.287 e. The van der Waals surface area contributed by atoms with Crippen LogP contribution in [-0.4, -0.2) is 12.5 Å². The molecular weight excluding hydrogens is 250 g/mol. The summed E-state index contributed by atoms with van der Waals surface area (Å²) >= 11 is 0. The molecule has 3 rings (SSSR count). The number of benzene rings is 1. The molecular formula is C17H21NO2. The Hall–Kier alpha value is -1.77. The van der Waals surface area contributed by atoms with Crippen molar-refractivity contribution >= 4 is 16.9 Å². The van der Waals surface area contributed by atoms with Gasteiger partial charge in [-0.05, 0) is 50.7 Å². The van der Waals surface area contributed by atoms with Gasteiger partial charge in [-0.2, -0.15) is 0 Å². The minimum atomic E-state index is -0.0793. The second kappa shape index (κ2) is 4.97. The van der Waals surface area contributed by atoms with Crippen molar-refractivity contribution in [3.63, 3.8) is 0 Å². The van der Waals surface area contributed by atoms with Gasteiger partial charge in [0, 0.05) is 17.5 Å². The number of furan rings is 1. The van der Waals surface area contributed by atoms with Crippen LogP contribution in [0.2, 0.25) is 0 Å². The number of rotatable bonds is 3. The lowest BCUT2D eigenvalue weighted by atomic mass is 9.85. The molecule has 1 fully saturated rings. The second-order valence-electron chi connectivity index (χ2n) is 5.97. The van der Waals surface area contributed by atoms with Gasteiger partial charge in [-0.1, -0.05) is 18.6 Å². The molecule has 2 aromatic rings. The first kappa shape index (κ1) is 13.2. The lowest BCUT2D eigenvalue weighted by Crippen LogP contribution is -2.32. The number of hydrogen-bond donors (Lipinski definition) is 1. The van der Waals surface area contributed by atoms with E-state index in [0.717, 1.165) is 34.2 Å². The SMILES string of the molecule is Cc1ccc(C)c2c(C)c(C(=O)NCC3CCC3)oc12. The van der Waals surface area contributed by atoms with Crippen LogP contribution in [0.15, 0.2) is 16.5 Å². The van der Waals surface area contributed by atoms with Gasteiger partial charge in [0.2, 0.25) is 0 Å². The second-order valence-corrected chi connectivity index (χ2v) is 5.97. The summed E-state index contributed by atoms with van der Waals surface area (Å²) in [4.78, 5) is 12.3. The summed E-state index contributed by atoms with van der Waals surface area (Å²) in [7, 11) is 0. The minimum absolute atomic E-state index is 0.0793. The van der Waals surface area contributed by atoms with Crippen molar-refractivity contribution in [2.24, 2.45) is 5.92 Å². The van der Waals surface area contributed by atoms with E-state index in [0.29, 0.717) is 11.7 Å². The van der Waals surface area contributed by atoms with Crippen LogP contribution in [0.4, 0.5) is 0 Å².